The second kappa shape index (κ2) is 5.32. The summed E-state index contributed by atoms with van der Waals surface area (Å²) in [6, 6.07) is 5.47. The zero-order valence-corrected chi connectivity index (χ0v) is 11.2. The maximum absolute atomic E-state index is 11.8. The zero-order valence-electron chi connectivity index (χ0n) is 11.2. The van der Waals surface area contributed by atoms with Crippen molar-refractivity contribution in [1.82, 2.24) is 9.97 Å². The quantitative estimate of drug-likeness (QED) is 0.879. The SMILES string of the molecule is CC(C)(N)CCC(=O)Nc1ccc2nccnc2c1. The maximum Gasteiger partial charge on any atom is 0.224 e. The molecule has 0 unspecified atom stereocenters. The first kappa shape index (κ1) is 13.4. The highest BCUT2D eigenvalue weighted by atomic mass is 16.1. The van der Waals surface area contributed by atoms with Gasteiger partial charge in [0.05, 0.1) is 11.0 Å². The Labute approximate surface area is 112 Å². The Balaban J connectivity index is 2.03. The van der Waals surface area contributed by atoms with Crippen molar-refractivity contribution in [3.05, 3.63) is 30.6 Å². The summed E-state index contributed by atoms with van der Waals surface area (Å²) in [4.78, 5) is 20.2. The van der Waals surface area contributed by atoms with Crippen molar-refractivity contribution in [3.8, 4) is 0 Å². The second-order valence-electron chi connectivity index (χ2n) is 5.30. The molecule has 19 heavy (non-hydrogen) atoms. The fourth-order valence-electron chi connectivity index (χ4n) is 1.70. The van der Waals surface area contributed by atoms with Crippen LogP contribution in [0.3, 0.4) is 0 Å². The number of carbonyl (C=O) groups is 1. The van der Waals surface area contributed by atoms with Crippen LogP contribution < -0.4 is 11.1 Å². The van der Waals surface area contributed by atoms with E-state index in [4.69, 9.17) is 5.73 Å². The van der Waals surface area contributed by atoms with Gasteiger partial charge in [-0.25, -0.2) is 0 Å². The number of rotatable bonds is 4. The molecule has 0 saturated heterocycles. The van der Waals surface area contributed by atoms with E-state index < -0.39 is 0 Å². The van der Waals surface area contributed by atoms with Crippen LogP contribution in [0.1, 0.15) is 26.7 Å². The third-order valence-electron chi connectivity index (χ3n) is 2.75. The first-order chi connectivity index (χ1) is 8.94. The minimum Gasteiger partial charge on any atom is -0.326 e. The Hall–Kier alpha value is -2.01. The Kier molecular flexibility index (Phi) is 3.76. The topological polar surface area (TPSA) is 80.9 Å². The van der Waals surface area contributed by atoms with Crippen LogP contribution in [-0.2, 0) is 4.79 Å². The standard InChI is InChI=1S/C14H18N4O/c1-14(2,15)6-5-13(19)18-10-3-4-11-12(9-10)17-8-7-16-11/h3-4,7-9H,5-6,15H2,1-2H3,(H,18,19). The van der Waals surface area contributed by atoms with Gasteiger partial charge in [0.25, 0.3) is 0 Å². The van der Waals surface area contributed by atoms with E-state index in [0.29, 0.717) is 12.8 Å². The van der Waals surface area contributed by atoms with E-state index in [9.17, 15) is 4.79 Å². The monoisotopic (exact) mass is 258 g/mol. The van der Waals surface area contributed by atoms with Gasteiger partial charge in [-0.2, -0.15) is 0 Å². The smallest absolute Gasteiger partial charge is 0.224 e. The molecule has 0 spiro atoms. The van der Waals surface area contributed by atoms with Crippen LogP contribution >= 0.6 is 0 Å². The van der Waals surface area contributed by atoms with Crippen LogP contribution in [0.5, 0.6) is 0 Å². The van der Waals surface area contributed by atoms with Crippen molar-refractivity contribution in [3.63, 3.8) is 0 Å². The number of carbonyl (C=O) groups excluding carboxylic acids is 1. The number of nitrogens with two attached hydrogens (primary N) is 1. The highest BCUT2D eigenvalue weighted by Crippen LogP contribution is 2.16. The lowest BCUT2D eigenvalue weighted by Gasteiger charge is -2.17. The number of amides is 1. The van der Waals surface area contributed by atoms with Crippen LogP contribution in [0, 0.1) is 0 Å². The lowest BCUT2D eigenvalue weighted by Crippen LogP contribution is -2.33. The lowest BCUT2D eigenvalue weighted by molar-refractivity contribution is -0.116. The van der Waals surface area contributed by atoms with E-state index in [2.05, 4.69) is 15.3 Å². The number of anilines is 1. The average Bonchev–Trinajstić information content (AvgIpc) is 2.35. The van der Waals surface area contributed by atoms with Gasteiger partial charge in [0.2, 0.25) is 5.91 Å². The molecule has 0 saturated carbocycles. The normalized spacial score (nSPS) is 11.5. The van der Waals surface area contributed by atoms with E-state index >= 15 is 0 Å². The van der Waals surface area contributed by atoms with Gasteiger partial charge in [-0.15, -0.1) is 0 Å². The number of aromatic nitrogens is 2. The molecule has 1 heterocycles. The molecule has 0 atom stereocenters. The molecule has 5 nitrogen and oxygen atoms in total. The first-order valence-electron chi connectivity index (χ1n) is 6.23. The van der Waals surface area contributed by atoms with E-state index in [1.165, 1.54) is 0 Å². The summed E-state index contributed by atoms with van der Waals surface area (Å²) in [5.41, 5.74) is 7.83. The molecule has 0 radical (unpaired) electrons. The predicted molar refractivity (Wildman–Crippen MR) is 75.7 cm³/mol. The summed E-state index contributed by atoms with van der Waals surface area (Å²) < 4.78 is 0. The van der Waals surface area contributed by atoms with E-state index in [0.717, 1.165) is 16.7 Å². The number of hydrogen-bond donors (Lipinski definition) is 2. The summed E-state index contributed by atoms with van der Waals surface area (Å²) in [5, 5.41) is 2.84. The van der Waals surface area contributed by atoms with Crippen molar-refractivity contribution in [1.29, 1.82) is 0 Å². The van der Waals surface area contributed by atoms with Crippen LogP contribution in [0.2, 0.25) is 0 Å². The summed E-state index contributed by atoms with van der Waals surface area (Å²) >= 11 is 0. The third kappa shape index (κ3) is 3.99. The van der Waals surface area contributed by atoms with Crippen LogP contribution in [-0.4, -0.2) is 21.4 Å². The highest BCUT2D eigenvalue weighted by molar-refractivity contribution is 5.92. The fraction of sp³-hybridized carbons (Fsp3) is 0.357. The number of fused-ring (bicyclic) bond motifs is 1. The molecule has 2 aromatic rings. The summed E-state index contributed by atoms with van der Waals surface area (Å²) in [5.74, 6) is -0.0400. The van der Waals surface area contributed by atoms with Crippen LogP contribution in [0.4, 0.5) is 5.69 Å². The minimum atomic E-state index is -0.327. The van der Waals surface area contributed by atoms with Crippen molar-refractivity contribution < 1.29 is 4.79 Å². The molecule has 1 amide bonds. The fourth-order valence-corrected chi connectivity index (χ4v) is 1.70. The maximum atomic E-state index is 11.8. The first-order valence-corrected chi connectivity index (χ1v) is 6.23. The molecule has 1 aromatic carbocycles. The van der Waals surface area contributed by atoms with Crippen molar-refractivity contribution in [2.24, 2.45) is 5.73 Å². The lowest BCUT2D eigenvalue weighted by atomic mass is 10.00. The molecule has 1 aromatic heterocycles. The number of hydrogen-bond acceptors (Lipinski definition) is 4. The number of benzene rings is 1. The molecule has 5 heteroatoms. The Morgan fingerprint density at radius 3 is 2.63 bits per heavy atom. The molecule has 0 aliphatic carbocycles. The third-order valence-corrected chi connectivity index (χ3v) is 2.75. The van der Waals surface area contributed by atoms with Gasteiger partial charge in [0, 0.05) is 30.0 Å². The van der Waals surface area contributed by atoms with Gasteiger partial charge in [0.1, 0.15) is 0 Å². The van der Waals surface area contributed by atoms with Crippen molar-refractivity contribution >= 4 is 22.6 Å². The van der Waals surface area contributed by atoms with Gasteiger partial charge in [-0.1, -0.05) is 0 Å². The predicted octanol–water partition coefficient (Wildman–Crippen LogP) is 2.09. The van der Waals surface area contributed by atoms with E-state index in [-0.39, 0.29) is 11.4 Å². The molecule has 0 aliphatic heterocycles. The molecule has 2 rings (SSSR count). The molecular weight excluding hydrogens is 240 g/mol. The second-order valence-corrected chi connectivity index (χ2v) is 5.30. The van der Waals surface area contributed by atoms with Gasteiger partial charge in [-0.05, 0) is 38.5 Å². The minimum absolute atomic E-state index is 0.0400. The van der Waals surface area contributed by atoms with Crippen molar-refractivity contribution in [2.75, 3.05) is 5.32 Å². The number of nitrogens with zero attached hydrogens (tertiary/aromatic N) is 2. The zero-order chi connectivity index (χ0) is 13.9. The molecule has 0 fully saturated rings. The largest absolute Gasteiger partial charge is 0.326 e. The Morgan fingerprint density at radius 2 is 1.95 bits per heavy atom. The average molecular weight is 258 g/mol. The number of nitrogens with one attached hydrogen (secondary N) is 1. The summed E-state index contributed by atoms with van der Waals surface area (Å²) in [6.45, 7) is 3.82. The van der Waals surface area contributed by atoms with E-state index in [1.54, 1.807) is 12.4 Å². The summed E-state index contributed by atoms with van der Waals surface area (Å²) in [6.07, 6.45) is 4.32. The van der Waals surface area contributed by atoms with Gasteiger partial charge >= 0.3 is 0 Å². The molecule has 3 N–H and O–H groups in total. The van der Waals surface area contributed by atoms with Gasteiger partial charge in [-0.3, -0.25) is 14.8 Å². The molecule has 0 bridgehead atoms. The van der Waals surface area contributed by atoms with Gasteiger partial charge < -0.3 is 11.1 Å². The summed E-state index contributed by atoms with van der Waals surface area (Å²) in [7, 11) is 0. The van der Waals surface area contributed by atoms with Crippen LogP contribution in [0.25, 0.3) is 11.0 Å². The molecule has 0 aliphatic rings. The Morgan fingerprint density at radius 1 is 1.26 bits per heavy atom. The Bertz CT molecular complexity index is 589. The molecular formula is C14H18N4O. The van der Waals surface area contributed by atoms with E-state index in [1.807, 2.05) is 32.0 Å². The molecule has 100 valence electrons. The highest BCUT2D eigenvalue weighted by Gasteiger charge is 2.13. The van der Waals surface area contributed by atoms with Crippen molar-refractivity contribution in [2.45, 2.75) is 32.2 Å². The van der Waals surface area contributed by atoms with Crippen LogP contribution in [0.15, 0.2) is 30.6 Å². The van der Waals surface area contributed by atoms with Gasteiger partial charge in [0.15, 0.2) is 0 Å².